The number of aliphatic carboxylic acids is 1. The van der Waals surface area contributed by atoms with Crippen molar-refractivity contribution in [3.05, 3.63) is 11.6 Å². The first-order chi connectivity index (χ1) is 10.0. The van der Waals surface area contributed by atoms with Gasteiger partial charge in [0.05, 0.1) is 0 Å². The molecule has 5 nitrogen and oxygen atoms in total. The Balaban J connectivity index is 1.79. The predicted molar refractivity (Wildman–Crippen MR) is 81.1 cm³/mol. The van der Waals surface area contributed by atoms with Crippen LogP contribution in [0.1, 0.15) is 58.3 Å². The highest BCUT2D eigenvalue weighted by atomic mass is 16.4. The van der Waals surface area contributed by atoms with Crippen LogP contribution in [0.4, 0.5) is 4.79 Å². The summed E-state index contributed by atoms with van der Waals surface area (Å²) < 4.78 is 0. The van der Waals surface area contributed by atoms with Crippen LogP contribution in [0.25, 0.3) is 0 Å². The number of hydrogen-bond donors (Lipinski definition) is 3. The van der Waals surface area contributed by atoms with Crippen molar-refractivity contribution in [2.75, 3.05) is 6.54 Å². The Morgan fingerprint density at radius 1 is 1.38 bits per heavy atom. The highest BCUT2D eigenvalue weighted by Crippen LogP contribution is 2.32. The van der Waals surface area contributed by atoms with Crippen molar-refractivity contribution in [3.8, 4) is 0 Å². The molecule has 3 N–H and O–H groups in total. The van der Waals surface area contributed by atoms with Crippen LogP contribution in [-0.2, 0) is 4.79 Å². The number of carbonyl (C=O) groups is 2. The molecule has 0 spiro atoms. The van der Waals surface area contributed by atoms with E-state index in [-0.39, 0.29) is 6.03 Å². The Kier molecular flexibility index (Phi) is 5.26. The van der Waals surface area contributed by atoms with Gasteiger partial charge in [0, 0.05) is 6.54 Å². The molecule has 0 aromatic heterocycles. The van der Waals surface area contributed by atoms with E-state index in [9.17, 15) is 14.7 Å². The van der Waals surface area contributed by atoms with Crippen molar-refractivity contribution in [1.29, 1.82) is 0 Å². The lowest BCUT2D eigenvalue weighted by atomic mass is 9.77. The molecule has 1 fully saturated rings. The summed E-state index contributed by atoms with van der Waals surface area (Å²) in [6, 6.07) is -0.356. The third kappa shape index (κ3) is 4.22. The van der Waals surface area contributed by atoms with Crippen molar-refractivity contribution in [3.63, 3.8) is 0 Å². The van der Waals surface area contributed by atoms with E-state index in [0.717, 1.165) is 32.1 Å². The molecule has 2 aliphatic rings. The Morgan fingerprint density at radius 2 is 2.10 bits per heavy atom. The molecule has 0 atom stereocenters. The maximum absolute atomic E-state index is 12.0. The molecule has 0 radical (unpaired) electrons. The van der Waals surface area contributed by atoms with Crippen molar-refractivity contribution in [2.24, 2.45) is 5.92 Å². The van der Waals surface area contributed by atoms with E-state index in [2.05, 4.69) is 23.6 Å². The first-order valence-corrected chi connectivity index (χ1v) is 7.99. The van der Waals surface area contributed by atoms with Crippen LogP contribution in [-0.4, -0.2) is 29.2 Å². The van der Waals surface area contributed by atoms with Crippen molar-refractivity contribution >= 4 is 12.0 Å². The molecular formula is C16H26N2O3. The molecule has 5 heteroatoms. The summed E-state index contributed by atoms with van der Waals surface area (Å²) in [7, 11) is 0. The summed E-state index contributed by atoms with van der Waals surface area (Å²) in [5, 5.41) is 15.0. The number of nitrogens with one attached hydrogen (secondary N) is 2. The second kappa shape index (κ2) is 6.96. The summed E-state index contributed by atoms with van der Waals surface area (Å²) in [6.45, 7) is 2.70. The lowest BCUT2D eigenvalue weighted by Crippen LogP contribution is -2.58. The minimum Gasteiger partial charge on any atom is -0.480 e. The Hall–Kier alpha value is -1.52. The standard InChI is InChI=1S/C16H26N2O3/c1-12-6-9-16(10-7-12,14(19)20)18-15(21)17-11-8-13-4-2-3-5-13/h4,12H,2-3,5-11H2,1H3,(H,19,20)(H2,17,18,21). The van der Waals surface area contributed by atoms with Gasteiger partial charge in [-0.25, -0.2) is 9.59 Å². The molecule has 118 valence electrons. The fraction of sp³-hybridized carbons (Fsp3) is 0.750. The molecule has 2 aliphatic carbocycles. The third-order valence-electron chi connectivity index (χ3n) is 4.76. The number of carboxylic acid groups (broad SMARTS) is 1. The van der Waals surface area contributed by atoms with Gasteiger partial charge in [0.25, 0.3) is 0 Å². The summed E-state index contributed by atoms with van der Waals surface area (Å²) in [4.78, 5) is 23.5. The van der Waals surface area contributed by atoms with E-state index in [4.69, 9.17) is 0 Å². The van der Waals surface area contributed by atoms with Crippen LogP contribution in [0.5, 0.6) is 0 Å². The number of amides is 2. The second-order valence-electron chi connectivity index (χ2n) is 6.46. The van der Waals surface area contributed by atoms with E-state index in [1.165, 1.54) is 12.0 Å². The molecule has 0 unspecified atom stereocenters. The molecule has 21 heavy (non-hydrogen) atoms. The maximum Gasteiger partial charge on any atom is 0.329 e. The highest BCUT2D eigenvalue weighted by Gasteiger charge is 2.42. The van der Waals surface area contributed by atoms with Crippen LogP contribution in [0.15, 0.2) is 11.6 Å². The van der Waals surface area contributed by atoms with Crippen molar-refractivity contribution < 1.29 is 14.7 Å². The Labute approximate surface area is 126 Å². The van der Waals surface area contributed by atoms with Gasteiger partial charge >= 0.3 is 12.0 Å². The summed E-state index contributed by atoms with van der Waals surface area (Å²) in [5.41, 5.74) is 0.318. The van der Waals surface area contributed by atoms with Crippen molar-refractivity contribution in [1.82, 2.24) is 10.6 Å². The zero-order chi connectivity index (χ0) is 15.3. The zero-order valence-corrected chi connectivity index (χ0v) is 12.8. The van der Waals surface area contributed by atoms with Crippen LogP contribution < -0.4 is 10.6 Å². The van der Waals surface area contributed by atoms with Gasteiger partial charge in [-0.2, -0.15) is 0 Å². The van der Waals surface area contributed by atoms with Crippen LogP contribution in [0, 0.1) is 5.92 Å². The SMILES string of the molecule is CC1CCC(NC(=O)NCCC2=CCCC2)(C(=O)O)CC1. The van der Waals surface area contributed by atoms with E-state index < -0.39 is 11.5 Å². The molecule has 0 aliphatic heterocycles. The van der Waals surface area contributed by atoms with E-state index in [0.29, 0.717) is 25.3 Å². The van der Waals surface area contributed by atoms with E-state index >= 15 is 0 Å². The molecule has 2 amide bonds. The minimum absolute atomic E-state index is 0.356. The van der Waals surface area contributed by atoms with Gasteiger partial charge in [0.1, 0.15) is 5.54 Å². The van der Waals surface area contributed by atoms with Crippen LogP contribution >= 0.6 is 0 Å². The highest BCUT2D eigenvalue weighted by molar-refractivity contribution is 5.86. The monoisotopic (exact) mass is 294 g/mol. The average molecular weight is 294 g/mol. The largest absolute Gasteiger partial charge is 0.480 e. The Morgan fingerprint density at radius 3 is 2.67 bits per heavy atom. The molecular weight excluding hydrogens is 268 g/mol. The predicted octanol–water partition coefficient (Wildman–Crippen LogP) is 2.82. The van der Waals surface area contributed by atoms with E-state index in [1.54, 1.807) is 0 Å². The topological polar surface area (TPSA) is 78.4 Å². The fourth-order valence-electron chi connectivity index (χ4n) is 3.21. The number of allylic oxidation sites excluding steroid dienone is 1. The second-order valence-corrected chi connectivity index (χ2v) is 6.46. The molecule has 0 heterocycles. The molecule has 0 bridgehead atoms. The fourth-order valence-corrected chi connectivity index (χ4v) is 3.21. The van der Waals surface area contributed by atoms with Gasteiger partial charge in [-0.1, -0.05) is 18.6 Å². The molecule has 0 aromatic rings. The quantitative estimate of drug-likeness (QED) is 0.682. The van der Waals surface area contributed by atoms with E-state index in [1.807, 2.05) is 0 Å². The lowest BCUT2D eigenvalue weighted by molar-refractivity contribution is -0.146. The maximum atomic E-state index is 12.0. The smallest absolute Gasteiger partial charge is 0.329 e. The molecule has 0 saturated heterocycles. The molecule has 1 saturated carbocycles. The number of urea groups is 1. The Bertz CT molecular complexity index is 423. The van der Waals surface area contributed by atoms with Gasteiger partial charge in [0.15, 0.2) is 0 Å². The number of hydrogen-bond acceptors (Lipinski definition) is 2. The minimum atomic E-state index is -1.08. The zero-order valence-electron chi connectivity index (χ0n) is 12.8. The molecule has 0 aromatic carbocycles. The van der Waals surface area contributed by atoms with Gasteiger partial charge in [-0.3, -0.25) is 0 Å². The summed E-state index contributed by atoms with van der Waals surface area (Å²) >= 11 is 0. The first-order valence-electron chi connectivity index (χ1n) is 7.99. The van der Waals surface area contributed by atoms with Crippen LogP contribution in [0.3, 0.4) is 0 Å². The van der Waals surface area contributed by atoms with Crippen molar-refractivity contribution in [2.45, 2.75) is 63.8 Å². The van der Waals surface area contributed by atoms with Gasteiger partial charge in [-0.15, -0.1) is 0 Å². The molecule has 2 rings (SSSR count). The number of carbonyl (C=O) groups excluding carboxylic acids is 1. The first kappa shape index (κ1) is 15.9. The lowest BCUT2D eigenvalue weighted by Gasteiger charge is -2.36. The summed E-state index contributed by atoms with van der Waals surface area (Å²) in [6.07, 6.45) is 9.30. The van der Waals surface area contributed by atoms with Gasteiger partial charge in [-0.05, 0) is 57.3 Å². The average Bonchev–Trinajstić information content (AvgIpc) is 2.94. The normalized spacial score (nSPS) is 28.8. The number of carboxylic acids is 1. The van der Waals surface area contributed by atoms with Gasteiger partial charge in [0.2, 0.25) is 0 Å². The number of rotatable bonds is 5. The summed E-state index contributed by atoms with van der Waals surface area (Å²) in [5.74, 6) is -0.375. The third-order valence-corrected chi connectivity index (χ3v) is 4.76. The van der Waals surface area contributed by atoms with Gasteiger partial charge < -0.3 is 15.7 Å². The van der Waals surface area contributed by atoms with Crippen LogP contribution in [0.2, 0.25) is 0 Å².